The number of nitrogens with two attached hydrogens (primary N) is 1. The number of nitrogens with one attached hydrogen (secondary N) is 1. The molecule has 0 aliphatic heterocycles. The standard InChI is InChI=1S/C19H21N3O/c20-17-10-6-16(7-11-17)19(23)22-21-18-12-8-15(9-13-18)14-4-2-1-3-5-14/h1-7,10-11,15H,8-9,12-13,20H2,(H,22,23). The van der Waals surface area contributed by atoms with Gasteiger partial charge in [0.15, 0.2) is 0 Å². The summed E-state index contributed by atoms with van der Waals surface area (Å²) in [5, 5.41) is 4.30. The van der Waals surface area contributed by atoms with Gasteiger partial charge in [-0.3, -0.25) is 4.79 Å². The van der Waals surface area contributed by atoms with Gasteiger partial charge in [0, 0.05) is 17.0 Å². The van der Waals surface area contributed by atoms with Gasteiger partial charge in [-0.25, -0.2) is 5.43 Å². The minimum atomic E-state index is -0.192. The van der Waals surface area contributed by atoms with Gasteiger partial charge in [-0.1, -0.05) is 30.3 Å². The number of carbonyl (C=O) groups is 1. The Kier molecular flexibility index (Phi) is 4.71. The molecule has 3 N–H and O–H groups in total. The molecule has 0 bridgehead atoms. The summed E-state index contributed by atoms with van der Waals surface area (Å²) in [6.45, 7) is 0. The van der Waals surface area contributed by atoms with Gasteiger partial charge >= 0.3 is 0 Å². The van der Waals surface area contributed by atoms with Gasteiger partial charge in [0.2, 0.25) is 0 Å². The number of nitrogens with zero attached hydrogens (tertiary/aromatic N) is 1. The quantitative estimate of drug-likeness (QED) is 0.670. The summed E-state index contributed by atoms with van der Waals surface area (Å²) in [7, 11) is 0. The lowest BCUT2D eigenvalue weighted by molar-refractivity contribution is 0.0954. The van der Waals surface area contributed by atoms with E-state index in [0.29, 0.717) is 17.2 Å². The molecule has 0 saturated heterocycles. The SMILES string of the molecule is Nc1ccc(C(=O)NN=C2CCC(c3ccccc3)CC2)cc1. The molecule has 4 nitrogen and oxygen atoms in total. The van der Waals surface area contributed by atoms with Crippen molar-refractivity contribution >= 4 is 17.3 Å². The number of nitrogen functional groups attached to an aromatic ring is 1. The van der Waals surface area contributed by atoms with Gasteiger partial charge in [-0.15, -0.1) is 0 Å². The second-order valence-corrected chi connectivity index (χ2v) is 5.93. The van der Waals surface area contributed by atoms with Crippen molar-refractivity contribution < 1.29 is 4.79 Å². The molecule has 23 heavy (non-hydrogen) atoms. The summed E-state index contributed by atoms with van der Waals surface area (Å²) in [5.41, 5.74) is 12.0. The topological polar surface area (TPSA) is 67.5 Å². The van der Waals surface area contributed by atoms with Crippen molar-refractivity contribution in [3.05, 3.63) is 65.7 Å². The smallest absolute Gasteiger partial charge is 0.271 e. The van der Waals surface area contributed by atoms with Gasteiger partial charge in [0.25, 0.3) is 5.91 Å². The van der Waals surface area contributed by atoms with E-state index in [1.165, 1.54) is 5.56 Å². The number of amides is 1. The molecule has 2 aromatic rings. The Morgan fingerprint density at radius 2 is 1.65 bits per heavy atom. The normalized spacial score (nSPS) is 17.6. The molecule has 0 aromatic heterocycles. The Balaban J connectivity index is 1.54. The van der Waals surface area contributed by atoms with E-state index in [-0.39, 0.29) is 5.91 Å². The summed E-state index contributed by atoms with van der Waals surface area (Å²) in [6, 6.07) is 17.4. The van der Waals surface area contributed by atoms with E-state index in [4.69, 9.17) is 5.73 Å². The highest BCUT2D eigenvalue weighted by Gasteiger charge is 2.19. The van der Waals surface area contributed by atoms with Crippen molar-refractivity contribution in [3.8, 4) is 0 Å². The van der Waals surface area contributed by atoms with E-state index in [9.17, 15) is 4.79 Å². The molecule has 1 fully saturated rings. The zero-order valence-electron chi connectivity index (χ0n) is 13.0. The van der Waals surface area contributed by atoms with E-state index < -0.39 is 0 Å². The predicted molar refractivity (Wildman–Crippen MR) is 93.4 cm³/mol. The summed E-state index contributed by atoms with van der Waals surface area (Å²) < 4.78 is 0. The Morgan fingerprint density at radius 1 is 1.00 bits per heavy atom. The van der Waals surface area contributed by atoms with Crippen LogP contribution in [0, 0.1) is 0 Å². The lowest BCUT2D eigenvalue weighted by atomic mass is 9.83. The molecule has 0 spiro atoms. The first-order chi connectivity index (χ1) is 11.2. The van der Waals surface area contributed by atoms with Crippen molar-refractivity contribution in [2.75, 3.05) is 5.73 Å². The van der Waals surface area contributed by atoms with E-state index in [0.717, 1.165) is 31.4 Å². The lowest BCUT2D eigenvalue weighted by Gasteiger charge is -2.23. The average molecular weight is 307 g/mol. The van der Waals surface area contributed by atoms with Crippen LogP contribution in [0.15, 0.2) is 59.7 Å². The second kappa shape index (κ2) is 7.09. The third-order valence-electron chi connectivity index (χ3n) is 4.32. The van der Waals surface area contributed by atoms with E-state index >= 15 is 0 Å². The van der Waals surface area contributed by atoms with Crippen molar-refractivity contribution in [1.29, 1.82) is 0 Å². The minimum absolute atomic E-state index is 0.192. The first-order valence-electron chi connectivity index (χ1n) is 7.98. The highest BCUT2D eigenvalue weighted by molar-refractivity contribution is 5.95. The minimum Gasteiger partial charge on any atom is -0.399 e. The van der Waals surface area contributed by atoms with Crippen LogP contribution in [0.1, 0.15) is 47.5 Å². The van der Waals surface area contributed by atoms with Crippen molar-refractivity contribution in [3.63, 3.8) is 0 Å². The predicted octanol–water partition coefficient (Wildman–Crippen LogP) is 3.71. The fourth-order valence-electron chi connectivity index (χ4n) is 2.95. The van der Waals surface area contributed by atoms with Crippen LogP contribution in [0.5, 0.6) is 0 Å². The van der Waals surface area contributed by atoms with Crippen LogP contribution < -0.4 is 11.2 Å². The highest BCUT2D eigenvalue weighted by Crippen LogP contribution is 2.31. The van der Waals surface area contributed by atoms with Crippen molar-refractivity contribution in [1.82, 2.24) is 5.43 Å². The molecule has 0 unspecified atom stereocenters. The number of anilines is 1. The van der Waals surface area contributed by atoms with Crippen LogP contribution in [0.3, 0.4) is 0 Å². The molecule has 0 heterocycles. The molecular weight excluding hydrogens is 286 g/mol. The van der Waals surface area contributed by atoms with Crippen LogP contribution in [0.2, 0.25) is 0 Å². The average Bonchev–Trinajstić information content (AvgIpc) is 2.61. The van der Waals surface area contributed by atoms with E-state index in [1.807, 2.05) is 6.07 Å². The number of carbonyl (C=O) groups excluding carboxylic acids is 1. The second-order valence-electron chi connectivity index (χ2n) is 5.93. The Bertz CT molecular complexity index is 682. The number of hydrazone groups is 1. The Hall–Kier alpha value is -2.62. The van der Waals surface area contributed by atoms with Gasteiger partial charge in [-0.05, 0) is 61.4 Å². The molecule has 3 rings (SSSR count). The maximum atomic E-state index is 12.0. The summed E-state index contributed by atoms with van der Waals surface area (Å²) in [4.78, 5) is 12.0. The van der Waals surface area contributed by atoms with Gasteiger partial charge in [-0.2, -0.15) is 5.10 Å². The fraction of sp³-hybridized carbons (Fsp3) is 0.263. The number of benzene rings is 2. The number of rotatable bonds is 3. The summed E-state index contributed by atoms with van der Waals surface area (Å²) in [5.74, 6) is 0.408. The highest BCUT2D eigenvalue weighted by atomic mass is 16.2. The van der Waals surface area contributed by atoms with Crippen molar-refractivity contribution in [2.45, 2.75) is 31.6 Å². The molecule has 0 atom stereocenters. The van der Waals surface area contributed by atoms with Crippen LogP contribution in [-0.4, -0.2) is 11.6 Å². The zero-order valence-corrected chi connectivity index (χ0v) is 13.0. The summed E-state index contributed by atoms with van der Waals surface area (Å²) >= 11 is 0. The van der Waals surface area contributed by atoms with E-state index in [2.05, 4.69) is 34.8 Å². The largest absolute Gasteiger partial charge is 0.399 e. The van der Waals surface area contributed by atoms with Crippen LogP contribution >= 0.6 is 0 Å². The first-order valence-corrected chi connectivity index (χ1v) is 7.98. The number of hydrogen-bond donors (Lipinski definition) is 2. The molecule has 1 aliphatic carbocycles. The van der Waals surface area contributed by atoms with Gasteiger partial charge in [0.05, 0.1) is 0 Å². The molecule has 1 saturated carbocycles. The van der Waals surface area contributed by atoms with Crippen LogP contribution in [0.4, 0.5) is 5.69 Å². The zero-order chi connectivity index (χ0) is 16.1. The van der Waals surface area contributed by atoms with Gasteiger partial charge in [0.1, 0.15) is 0 Å². The Labute approximate surface area is 136 Å². The molecule has 4 heteroatoms. The molecule has 2 aromatic carbocycles. The van der Waals surface area contributed by atoms with E-state index in [1.54, 1.807) is 24.3 Å². The fourth-order valence-corrected chi connectivity index (χ4v) is 2.95. The van der Waals surface area contributed by atoms with Crippen LogP contribution in [-0.2, 0) is 0 Å². The third-order valence-corrected chi connectivity index (χ3v) is 4.32. The molecule has 118 valence electrons. The monoisotopic (exact) mass is 307 g/mol. The van der Waals surface area contributed by atoms with Crippen molar-refractivity contribution in [2.24, 2.45) is 5.10 Å². The maximum Gasteiger partial charge on any atom is 0.271 e. The molecular formula is C19H21N3O. The van der Waals surface area contributed by atoms with Crippen LogP contribution in [0.25, 0.3) is 0 Å². The maximum absolute atomic E-state index is 12.0. The summed E-state index contributed by atoms with van der Waals surface area (Å²) in [6.07, 6.45) is 4.03. The third kappa shape index (κ3) is 3.97. The first kappa shape index (κ1) is 15.3. The number of hydrogen-bond acceptors (Lipinski definition) is 3. The van der Waals surface area contributed by atoms with Gasteiger partial charge < -0.3 is 5.73 Å². The molecule has 1 amide bonds. The lowest BCUT2D eigenvalue weighted by Crippen LogP contribution is -2.22. The molecule has 1 aliphatic rings. The Morgan fingerprint density at radius 3 is 2.30 bits per heavy atom. The molecule has 0 radical (unpaired) electrons.